The maximum atomic E-state index is 2.53. The Bertz CT molecular complexity index is 502. The predicted octanol–water partition coefficient (Wildman–Crippen LogP) is 8.40. The molecule has 25 heavy (non-hydrogen) atoms. The molecule has 0 saturated heterocycles. The maximum Gasteiger partial charge on any atom is -0.0223 e. The molecule has 0 spiro atoms. The van der Waals surface area contributed by atoms with Crippen LogP contribution in [0.1, 0.15) is 105 Å². The van der Waals surface area contributed by atoms with Gasteiger partial charge in [0.05, 0.1) is 0 Å². The summed E-state index contributed by atoms with van der Waals surface area (Å²) in [6, 6.07) is 0. The largest absolute Gasteiger partial charge is 0.0807 e. The molecule has 2 rings (SSSR count). The first-order valence-electron chi connectivity index (χ1n) is 11.2. The number of hydrogen-bond donors (Lipinski definition) is 0. The summed E-state index contributed by atoms with van der Waals surface area (Å²) in [6.45, 7) is 12.0. The first kappa shape index (κ1) is 20.5. The third kappa shape index (κ3) is 5.35. The zero-order valence-electron chi connectivity index (χ0n) is 17.7. The van der Waals surface area contributed by atoms with Gasteiger partial charge in [-0.25, -0.2) is 0 Å². The van der Waals surface area contributed by atoms with Gasteiger partial charge in [-0.2, -0.15) is 0 Å². The van der Waals surface area contributed by atoms with E-state index in [2.05, 4.69) is 46.8 Å². The van der Waals surface area contributed by atoms with E-state index in [1.807, 2.05) is 0 Å². The fourth-order valence-electron chi connectivity index (χ4n) is 5.47. The summed E-state index contributed by atoms with van der Waals surface area (Å²) in [7, 11) is 0. The Morgan fingerprint density at radius 1 is 1.04 bits per heavy atom. The number of allylic oxidation sites excluding steroid dienone is 6. The monoisotopic (exact) mass is 342 g/mol. The van der Waals surface area contributed by atoms with Gasteiger partial charge in [-0.15, -0.1) is 0 Å². The van der Waals surface area contributed by atoms with Gasteiger partial charge in [-0.3, -0.25) is 0 Å². The van der Waals surface area contributed by atoms with Crippen molar-refractivity contribution < 1.29 is 0 Å². The SMILES string of the molecule is CCC/C(C1=CCCC=C1C)=C(/CC)C(C)CC1CCCCC1CC. The molecule has 2 aliphatic rings. The van der Waals surface area contributed by atoms with Crippen LogP contribution in [0.2, 0.25) is 0 Å². The summed E-state index contributed by atoms with van der Waals surface area (Å²) in [5, 5.41) is 0. The molecule has 3 atom stereocenters. The third-order valence-electron chi connectivity index (χ3n) is 6.83. The molecule has 0 N–H and O–H groups in total. The zero-order valence-corrected chi connectivity index (χ0v) is 17.7. The highest BCUT2D eigenvalue weighted by atomic mass is 14.3. The van der Waals surface area contributed by atoms with Crippen molar-refractivity contribution in [2.45, 2.75) is 105 Å². The average Bonchev–Trinajstić information content (AvgIpc) is 2.62. The highest BCUT2D eigenvalue weighted by Gasteiger charge is 2.27. The molecule has 0 radical (unpaired) electrons. The summed E-state index contributed by atoms with van der Waals surface area (Å²) in [4.78, 5) is 0. The standard InChI is InChI=1S/C25H42/c1-6-13-25(24-17-12-9-14-19(24)4)23(8-3)20(5)18-22-16-11-10-15-21(22)7-2/h14,17,20-22H,6-13,15-16,18H2,1-5H3/b25-23+. The van der Waals surface area contributed by atoms with E-state index < -0.39 is 0 Å². The van der Waals surface area contributed by atoms with E-state index in [-0.39, 0.29) is 0 Å². The second kappa shape index (κ2) is 10.4. The van der Waals surface area contributed by atoms with Gasteiger partial charge in [-0.05, 0) is 73.5 Å². The molecule has 0 heteroatoms. The Morgan fingerprint density at radius 2 is 1.72 bits per heavy atom. The lowest BCUT2D eigenvalue weighted by Crippen LogP contribution is -2.22. The topological polar surface area (TPSA) is 0 Å². The van der Waals surface area contributed by atoms with Crippen molar-refractivity contribution in [2.75, 3.05) is 0 Å². The Labute approximate surface area is 157 Å². The fraction of sp³-hybridized carbons (Fsp3) is 0.760. The zero-order chi connectivity index (χ0) is 18.2. The van der Waals surface area contributed by atoms with Gasteiger partial charge in [0.1, 0.15) is 0 Å². The third-order valence-corrected chi connectivity index (χ3v) is 6.83. The van der Waals surface area contributed by atoms with Gasteiger partial charge < -0.3 is 0 Å². The lowest BCUT2D eigenvalue weighted by Gasteiger charge is -2.34. The summed E-state index contributed by atoms with van der Waals surface area (Å²) in [5.74, 6) is 2.70. The first-order chi connectivity index (χ1) is 12.1. The molecule has 0 amide bonds. The van der Waals surface area contributed by atoms with Gasteiger partial charge in [0.2, 0.25) is 0 Å². The van der Waals surface area contributed by atoms with Gasteiger partial charge in [0, 0.05) is 0 Å². The molecular weight excluding hydrogens is 300 g/mol. The molecule has 1 saturated carbocycles. The summed E-state index contributed by atoms with van der Waals surface area (Å²) in [5.41, 5.74) is 6.59. The van der Waals surface area contributed by atoms with Crippen LogP contribution in [-0.4, -0.2) is 0 Å². The summed E-state index contributed by atoms with van der Waals surface area (Å²) in [6.07, 6.45) is 19.9. The van der Waals surface area contributed by atoms with E-state index in [1.165, 1.54) is 76.2 Å². The number of rotatable bonds is 8. The molecule has 3 unspecified atom stereocenters. The van der Waals surface area contributed by atoms with Crippen molar-refractivity contribution in [1.29, 1.82) is 0 Å². The molecule has 0 aliphatic heterocycles. The molecule has 0 aromatic carbocycles. The summed E-state index contributed by atoms with van der Waals surface area (Å²) < 4.78 is 0. The van der Waals surface area contributed by atoms with Crippen LogP contribution >= 0.6 is 0 Å². The molecule has 2 aliphatic carbocycles. The Balaban J connectivity index is 2.24. The average molecular weight is 343 g/mol. The Morgan fingerprint density at radius 3 is 2.32 bits per heavy atom. The van der Waals surface area contributed by atoms with Gasteiger partial charge in [0.15, 0.2) is 0 Å². The smallest absolute Gasteiger partial charge is 0.0223 e. The highest BCUT2D eigenvalue weighted by molar-refractivity contribution is 5.49. The molecule has 0 aromatic rings. The van der Waals surface area contributed by atoms with Gasteiger partial charge in [-0.1, -0.05) is 83.9 Å². The molecule has 1 fully saturated rings. The second-order valence-corrected chi connectivity index (χ2v) is 8.54. The van der Waals surface area contributed by atoms with Crippen molar-refractivity contribution in [3.63, 3.8) is 0 Å². The van der Waals surface area contributed by atoms with E-state index >= 15 is 0 Å². The van der Waals surface area contributed by atoms with Crippen LogP contribution in [0.3, 0.4) is 0 Å². The maximum absolute atomic E-state index is 2.53. The van der Waals surface area contributed by atoms with Crippen molar-refractivity contribution in [3.8, 4) is 0 Å². The van der Waals surface area contributed by atoms with Gasteiger partial charge >= 0.3 is 0 Å². The summed E-state index contributed by atoms with van der Waals surface area (Å²) >= 11 is 0. The minimum absolute atomic E-state index is 0.749. The fourth-order valence-corrected chi connectivity index (χ4v) is 5.47. The second-order valence-electron chi connectivity index (χ2n) is 8.54. The van der Waals surface area contributed by atoms with E-state index in [0.29, 0.717) is 0 Å². The van der Waals surface area contributed by atoms with Crippen LogP contribution in [0.25, 0.3) is 0 Å². The van der Waals surface area contributed by atoms with Crippen LogP contribution in [0, 0.1) is 17.8 Å². The van der Waals surface area contributed by atoms with Crippen molar-refractivity contribution in [3.05, 3.63) is 34.4 Å². The van der Waals surface area contributed by atoms with E-state index in [0.717, 1.165) is 17.8 Å². The number of hydrogen-bond acceptors (Lipinski definition) is 0. The molecule has 0 bridgehead atoms. The van der Waals surface area contributed by atoms with E-state index in [1.54, 1.807) is 16.7 Å². The lowest BCUT2D eigenvalue weighted by molar-refractivity contribution is 0.201. The van der Waals surface area contributed by atoms with E-state index in [4.69, 9.17) is 0 Å². The molecular formula is C25H42. The van der Waals surface area contributed by atoms with Crippen LogP contribution < -0.4 is 0 Å². The Hall–Kier alpha value is -0.780. The molecule has 0 nitrogen and oxygen atoms in total. The quantitative estimate of drug-likeness (QED) is 0.415. The lowest BCUT2D eigenvalue weighted by atomic mass is 9.71. The van der Waals surface area contributed by atoms with Crippen LogP contribution in [-0.2, 0) is 0 Å². The first-order valence-corrected chi connectivity index (χ1v) is 11.2. The van der Waals surface area contributed by atoms with Crippen LogP contribution in [0.4, 0.5) is 0 Å². The highest BCUT2D eigenvalue weighted by Crippen LogP contribution is 2.40. The van der Waals surface area contributed by atoms with Crippen LogP contribution in [0.15, 0.2) is 34.4 Å². The van der Waals surface area contributed by atoms with Crippen LogP contribution in [0.5, 0.6) is 0 Å². The van der Waals surface area contributed by atoms with Crippen molar-refractivity contribution in [1.82, 2.24) is 0 Å². The van der Waals surface area contributed by atoms with E-state index in [9.17, 15) is 0 Å². The normalized spacial score (nSPS) is 26.6. The predicted molar refractivity (Wildman–Crippen MR) is 113 cm³/mol. The molecule has 142 valence electrons. The van der Waals surface area contributed by atoms with Gasteiger partial charge in [0.25, 0.3) is 0 Å². The molecule has 0 heterocycles. The minimum Gasteiger partial charge on any atom is -0.0807 e. The van der Waals surface area contributed by atoms with Crippen molar-refractivity contribution >= 4 is 0 Å². The Kier molecular flexibility index (Phi) is 8.53. The minimum atomic E-state index is 0.749. The van der Waals surface area contributed by atoms with Crippen molar-refractivity contribution in [2.24, 2.45) is 17.8 Å². The molecule has 0 aromatic heterocycles.